The van der Waals surface area contributed by atoms with E-state index in [1.165, 1.54) is 6.07 Å². The molecule has 1 aromatic heterocycles. The molecule has 0 spiro atoms. The molecule has 9 heteroatoms. The normalized spacial score (nSPS) is 12.8. The summed E-state index contributed by atoms with van der Waals surface area (Å²) in [5.74, 6) is 0.243. The second-order valence-corrected chi connectivity index (χ2v) is 9.20. The maximum absolute atomic E-state index is 12.5. The molecular formula is C15H17ClN2O3S3. The topological polar surface area (TPSA) is 75.3 Å². The van der Waals surface area contributed by atoms with Crippen LogP contribution in [0.25, 0.3) is 0 Å². The minimum atomic E-state index is -3.72. The summed E-state index contributed by atoms with van der Waals surface area (Å²) < 4.78 is 27.4. The van der Waals surface area contributed by atoms with Crippen LogP contribution in [0.4, 0.5) is 5.69 Å². The van der Waals surface area contributed by atoms with Gasteiger partial charge in [0, 0.05) is 10.7 Å². The summed E-state index contributed by atoms with van der Waals surface area (Å²) in [6.07, 6.45) is 2.29. The van der Waals surface area contributed by atoms with E-state index < -0.39 is 22.0 Å². The first kappa shape index (κ1) is 19.3. The van der Waals surface area contributed by atoms with Gasteiger partial charge in [0.15, 0.2) is 0 Å². The highest BCUT2D eigenvalue weighted by molar-refractivity contribution is 7.98. The first-order chi connectivity index (χ1) is 11.4. The maximum Gasteiger partial charge on any atom is 0.250 e. The van der Waals surface area contributed by atoms with Crippen molar-refractivity contribution >= 4 is 56.3 Å². The number of anilines is 1. The van der Waals surface area contributed by atoms with Gasteiger partial charge >= 0.3 is 0 Å². The van der Waals surface area contributed by atoms with Gasteiger partial charge in [0.2, 0.25) is 5.91 Å². The Morgan fingerprint density at radius 3 is 2.75 bits per heavy atom. The van der Waals surface area contributed by atoms with Gasteiger partial charge in [0.25, 0.3) is 10.0 Å². The predicted molar refractivity (Wildman–Crippen MR) is 102 cm³/mol. The predicted octanol–water partition coefficient (Wildman–Crippen LogP) is 3.44. The zero-order valence-corrected chi connectivity index (χ0v) is 16.1. The van der Waals surface area contributed by atoms with E-state index in [9.17, 15) is 13.2 Å². The van der Waals surface area contributed by atoms with Crippen molar-refractivity contribution in [1.29, 1.82) is 0 Å². The number of thiophene rings is 1. The highest BCUT2D eigenvalue weighted by atomic mass is 35.5. The van der Waals surface area contributed by atoms with E-state index in [1.807, 2.05) is 6.26 Å². The molecule has 0 saturated carbocycles. The molecule has 1 atom stereocenters. The van der Waals surface area contributed by atoms with Gasteiger partial charge in [0.05, 0.1) is 0 Å². The lowest BCUT2D eigenvalue weighted by Gasteiger charge is -2.18. The molecule has 130 valence electrons. The summed E-state index contributed by atoms with van der Waals surface area (Å²) in [5.41, 5.74) is 0.525. The van der Waals surface area contributed by atoms with E-state index in [0.717, 1.165) is 11.3 Å². The minimum Gasteiger partial charge on any atom is -0.325 e. The van der Waals surface area contributed by atoms with Crippen LogP contribution in [-0.4, -0.2) is 32.4 Å². The Balaban J connectivity index is 2.13. The number of hydrogen-bond acceptors (Lipinski definition) is 5. The van der Waals surface area contributed by atoms with E-state index in [2.05, 4.69) is 10.0 Å². The lowest BCUT2D eigenvalue weighted by atomic mass is 10.2. The van der Waals surface area contributed by atoms with Crippen molar-refractivity contribution in [2.75, 3.05) is 17.3 Å². The van der Waals surface area contributed by atoms with Crippen LogP contribution < -0.4 is 10.0 Å². The number of rotatable bonds is 8. The van der Waals surface area contributed by atoms with Crippen LogP contribution in [0.5, 0.6) is 0 Å². The minimum absolute atomic E-state index is 0.187. The summed E-state index contributed by atoms with van der Waals surface area (Å²) in [5, 5.41) is 4.87. The quantitative estimate of drug-likeness (QED) is 0.706. The first-order valence-corrected chi connectivity index (χ1v) is 11.2. The van der Waals surface area contributed by atoms with Crippen molar-refractivity contribution in [2.24, 2.45) is 0 Å². The Morgan fingerprint density at radius 2 is 2.12 bits per heavy atom. The summed E-state index contributed by atoms with van der Waals surface area (Å²) >= 11 is 8.56. The van der Waals surface area contributed by atoms with Crippen LogP contribution in [0.15, 0.2) is 46.0 Å². The van der Waals surface area contributed by atoms with Gasteiger partial charge in [-0.1, -0.05) is 23.7 Å². The van der Waals surface area contributed by atoms with Crippen molar-refractivity contribution in [1.82, 2.24) is 4.72 Å². The number of carbonyl (C=O) groups excluding carboxylic acids is 1. The molecule has 0 saturated heterocycles. The molecule has 0 aliphatic rings. The van der Waals surface area contributed by atoms with Crippen LogP contribution >= 0.6 is 34.7 Å². The molecule has 2 rings (SSSR count). The largest absolute Gasteiger partial charge is 0.325 e. The Hall–Kier alpha value is -1.06. The standard InChI is InChI=1S/C15H17ClN2O3S3/c1-22-9-7-13(18-24(20,21)14-6-3-8-23-14)15(19)17-12-5-2-4-11(16)10-12/h2-6,8,10,13,18H,7,9H2,1H3,(H,17,19). The molecule has 0 radical (unpaired) electrons. The van der Waals surface area contributed by atoms with Crippen LogP contribution in [0.2, 0.25) is 5.02 Å². The lowest BCUT2D eigenvalue weighted by Crippen LogP contribution is -2.43. The zero-order valence-electron chi connectivity index (χ0n) is 12.9. The maximum atomic E-state index is 12.5. The van der Waals surface area contributed by atoms with Crippen LogP contribution in [0, 0.1) is 0 Å². The fourth-order valence-electron chi connectivity index (χ4n) is 1.94. The third kappa shape index (κ3) is 5.49. The van der Waals surface area contributed by atoms with Crippen molar-refractivity contribution in [3.05, 3.63) is 46.8 Å². The van der Waals surface area contributed by atoms with Gasteiger partial charge in [-0.05, 0) is 48.1 Å². The highest BCUT2D eigenvalue weighted by Crippen LogP contribution is 2.18. The van der Waals surface area contributed by atoms with Crippen molar-refractivity contribution < 1.29 is 13.2 Å². The molecule has 1 heterocycles. The number of benzene rings is 1. The fourth-order valence-corrected chi connectivity index (χ4v) is 4.84. The van der Waals surface area contributed by atoms with Crippen molar-refractivity contribution in [3.63, 3.8) is 0 Å². The van der Waals surface area contributed by atoms with Gasteiger partial charge in [-0.15, -0.1) is 11.3 Å². The Kier molecular flexibility index (Phi) is 7.12. The van der Waals surface area contributed by atoms with E-state index in [1.54, 1.807) is 47.5 Å². The molecule has 2 N–H and O–H groups in total. The van der Waals surface area contributed by atoms with Crippen LogP contribution in [0.1, 0.15) is 6.42 Å². The smallest absolute Gasteiger partial charge is 0.250 e. The number of sulfonamides is 1. The number of carbonyl (C=O) groups is 1. The van der Waals surface area contributed by atoms with Crippen LogP contribution in [-0.2, 0) is 14.8 Å². The number of halogens is 1. The molecule has 0 bridgehead atoms. The summed E-state index contributed by atoms with van der Waals surface area (Å²) in [4.78, 5) is 12.5. The fraction of sp³-hybridized carbons (Fsp3) is 0.267. The Bertz CT molecular complexity index is 779. The molecule has 24 heavy (non-hydrogen) atoms. The lowest BCUT2D eigenvalue weighted by molar-refractivity contribution is -0.117. The van der Waals surface area contributed by atoms with Gasteiger partial charge in [-0.25, -0.2) is 8.42 Å². The van der Waals surface area contributed by atoms with Gasteiger partial charge in [-0.2, -0.15) is 16.5 Å². The summed E-state index contributed by atoms with van der Waals surface area (Å²) in [7, 11) is -3.72. The molecule has 0 aliphatic heterocycles. The third-order valence-electron chi connectivity index (χ3n) is 3.08. The SMILES string of the molecule is CSCCC(NS(=O)(=O)c1cccs1)C(=O)Nc1cccc(Cl)c1. The highest BCUT2D eigenvalue weighted by Gasteiger charge is 2.26. The summed E-state index contributed by atoms with van der Waals surface area (Å²) in [6, 6.07) is 9.02. The number of thioether (sulfide) groups is 1. The third-order valence-corrected chi connectivity index (χ3v) is 6.82. The molecule has 1 amide bonds. The Morgan fingerprint density at radius 1 is 1.33 bits per heavy atom. The molecule has 1 unspecified atom stereocenters. The Labute approximate surface area is 154 Å². The molecule has 5 nitrogen and oxygen atoms in total. The van der Waals surface area contributed by atoms with Gasteiger partial charge in [-0.3, -0.25) is 4.79 Å². The van der Waals surface area contributed by atoms with Crippen molar-refractivity contribution in [3.8, 4) is 0 Å². The summed E-state index contributed by atoms with van der Waals surface area (Å²) in [6.45, 7) is 0. The molecule has 0 aliphatic carbocycles. The first-order valence-electron chi connectivity index (χ1n) is 7.03. The number of amides is 1. The van der Waals surface area contributed by atoms with E-state index >= 15 is 0 Å². The van der Waals surface area contributed by atoms with E-state index in [0.29, 0.717) is 22.9 Å². The number of hydrogen-bond donors (Lipinski definition) is 2. The monoisotopic (exact) mass is 404 g/mol. The van der Waals surface area contributed by atoms with Crippen LogP contribution in [0.3, 0.4) is 0 Å². The van der Waals surface area contributed by atoms with E-state index in [-0.39, 0.29) is 4.21 Å². The average Bonchev–Trinajstić information content (AvgIpc) is 3.06. The van der Waals surface area contributed by atoms with Gasteiger partial charge < -0.3 is 5.32 Å². The van der Waals surface area contributed by atoms with Gasteiger partial charge in [0.1, 0.15) is 10.3 Å². The molecule has 1 aromatic carbocycles. The average molecular weight is 405 g/mol. The molecule has 2 aromatic rings. The van der Waals surface area contributed by atoms with E-state index in [4.69, 9.17) is 11.6 Å². The second kappa shape index (κ2) is 8.87. The molecule has 0 fully saturated rings. The zero-order chi connectivity index (χ0) is 17.6. The second-order valence-electron chi connectivity index (χ2n) is 4.89. The number of nitrogens with one attached hydrogen (secondary N) is 2. The van der Waals surface area contributed by atoms with Crippen molar-refractivity contribution in [2.45, 2.75) is 16.7 Å². The molecular weight excluding hydrogens is 388 g/mol.